The number of benzene rings is 2. The van der Waals surface area contributed by atoms with Gasteiger partial charge in [-0.25, -0.2) is 13.6 Å². The number of nitrogen functional groups attached to an aromatic ring is 1. The van der Waals surface area contributed by atoms with Gasteiger partial charge >= 0.3 is 0 Å². The number of methoxy groups -OCH3 is 1. The van der Waals surface area contributed by atoms with Crippen LogP contribution >= 0.6 is 0 Å². The number of amides is 1. The van der Waals surface area contributed by atoms with Gasteiger partial charge in [-0.15, -0.1) is 0 Å². The number of hydrogen-bond donors (Lipinski definition) is 3. The third-order valence-electron chi connectivity index (χ3n) is 2.55. The average molecular weight is 323 g/mol. The molecule has 2 rings (SSSR count). The largest absolute Gasteiger partial charge is 0.495 e. The molecule has 0 aromatic heterocycles. The molecule has 2 aromatic carbocycles. The van der Waals surface area contributed by atoms with Crippen molar-refractivity contribution in [2.24, 2.45) is 10.9 Å². The molecule has 0 bridgehead atoms. The maximum atomic E-state index is 11.0. The van der Waals surface area contributed by atoms with E-state index in [1.807, 2.05) is 6.07 Å². The van der Waals surface area contributed by atoms with Crippen molar-refractivity contribution in [2.75, 3.05) is 12.8 Å². The Morgan fingerprint density at radius 3 is 2.09 bits per heavy atom. The summed E-state index contributed by atoms with van der Waals surface area (Å²) in [4.78, 5) is 10.3. The summed E-state index contributed by atoms with van der Waals surface area (Å²) < 4.78 is 26.8. The first kappa shape index (κ1) is 17.5. The lowest BCUT2D eigenvalue weighted by Gasteiger charge is -2.06. The number of sulfonamides is 1. The minimum Gasteiger partial charge on any atom is -0.495 e. The summed E-state index contributed by atoms with van der Waals surface area (Å²) in [6, 6.07) is 13.0. The van der Waals surface area contributed by atoms with Gasteiger partial charge in [-0.2, -0.15) is 0 Å². The lowest BCUT2D eigenvalue weighted by Crippen LogP contribution is -2.13. The van der Waals surface area contributed by atoms with E-state index in [0.717, 1.165) is 0 Å². The zero-order valence-corrected chi connectivity index (χ0v) is 12.7. The van der Waals surface area contributed by atoms with Gasteiger partial charge in [0, 0.05) is 11.3 Å². The van der Waals surface area contributed by atoms with E-state index >= 15 is 0 Å². The van der Waals surface area contributed by atoms with E-state index in [1.54, 1.807) is 24.3 Å². The number of hydrogen-bond acceptors (Lipinski definition) is 5. The number of carbonyl (C=O) groups is 1. The maximum absolute atomic E-state index is 11.0. The van der Waals surface area contributed by atoms with Crippen LogP contribution in [0.5, 0.6) is 5.75 Å². The Morgan fingerprint density at radius 1 is 1.09 bits per heavy atom. The number of carbonyl (C=O) groups excluding carboxylic acids is 1. The zero-order valence-electron chi connectivity index (χ0n) is 11.9. The first-order chi connectivity index (χ1) is 10.3. The molecule has 6 N–H and O–H groups in total. The molecule has 0 heterocycles. The third-order valence-corrected chi connectivity index (χ3v) is 3.48. The first-order valence-corrected chi connectivity index (χ1v) is 7.61. The van der Waals surface area contributed by atoms with Crippen LogP contribution in [-0.2, 0) is 10.0 Å². The van der Waals surface area contributed by atoms with Crippen LogP contribution < -0.4 is 21.3 Å². The number of nitrogens with two attached hydrogens (primary N) is 3. The standard InChI is InChI=1S/C7H10N2O3S.C7H7NO/c1-12-6-3-2-5(8)4-7(6)13(9,10)11;8-7(9)6-4-2-1-3-5-6/h2-4H,8H2,1H3,(H2,9,10,11);1-5H,(H2,8,9). The fourth-order valence-electron chi connectivity index (χ4n) is 1.52. The minimum atomic E-state index is -3.77. The normalized spacial score (nSPS) is 10.3. The van der Waals surface area contributed by atoms with Gasteiger partial charge in [0.2, 0.25) is 15.9 Å². The summed E-state index contributed by atoms with van der Waals surface area (Å²) in [7, 11) is -2.41. The molecule has 0 atom stereocenters. The van der Waals surface area contributed by atoms with Gasteiger partial charge in [-0.1, -0.05) is 18.2 Å². The van der Waals surface area contributed by atoms with Crippen molar-refractivity contribution >= 4 is 21.6 Å². The van der Waals surface area contributed by atoms with Crippen molar-refractivity contribution in [3.05, 3.63) is 54.1 Å². The van der Waals surface area contributed by atoms with E-state index in [0.29, 0.717) is 11.3 Å². The third kappa shape index (κ3) is 5.08. The molecular formula is C14H17N3O4S. The predicted molar refractivity (Wildman–Crippen MR) is 83.7 cm³/mol. The topological polar surface area (TPSA) is 138 Å². The van der Waals surface area contributed by atoms with Gasteiger partial charge in [0.05, 0.1) is 7.11 Å². The Hall–Kier alpha value is -2.58. The van der Waals surface area contributed by atoms with Crippen LogP contribution in [0.1, 0.15) is 10.4 Å². The summed E-state index contributed by atoms with van der Waals surface area (Å²) in [5, 5.41) is 4.94. The Morgan fingerprint density at radius 2 is 1.68 bits per heavy atom. The first-order valence-electron chi connectivity index (χ1n) is 6.07. The Balaban J connectivity index is 0.000000235. The van der Waals surface area contributed by atoms with Crippen LogP contribution in [0.2, 0.25) is 0 Å². The van der Waals surface area contributed by atoms with Crippen molar-refractivity contribution in [1.82, 2.24) is 0 Å². The van der Waals surface area contributed by atoms with Crippen LogP contribution in [-0.4, -0.2) is 21.4 Å². The second-order valence-electron chi connectivity index (χ2n) is 4.19. The van der Waals surface area contributed by atoms with Gasteiger partial charge in [-0.3, -0.25) is 4.79 Å². The number of ether oxygens (including phenoxy) is 1. The van der Waals surface area contributed by atoms with Gasteiger partial charge in [0.15, 0.2) is 0 Å². The quantitative estimate of drug-likeness (QED) is 0.714. The van der Waals surface area contributed by atoms with Crippen molar-refractivity contribution in [2.45, 2.75) is 4.90 Å². The molecule has 0 aliphatic heterocycles. The van der Waals surface area contributed by atoms with Gasteiger partial charge < -0.3 is 16.2 Å². The molecule has 0 fully saturated rings. The van der Waals surface area contributed by atoms with Crippen LogP contribution in [0.3, 0.4) is 0 Å². The summed E-state index contributed by atoms with van der Waals surface area (Å²) in [5.41, 5.74) is 11.3. The van der Waals surface area contributed by atoms with Crippen LogP contribution in [0, 0.1) is 0 Å². The molecule has 0 spiro atoms. The summed E-state index contributed by atoms with van der Waals surface area (Å²) >= 11 is 0. The van der Waals surface area contributed by atoms with Crippen LogP contribution in [0.15, 0.2) is 53.4 Å². The highest BCUT2D eigenvalue weighted by atomic mass is 32.2. The molecule has 22 heavy (non-hydrogen) atoms. The highest BCUT2D eigenvalue weighted by Gasteiger charge is 2.14. The lowest BCUT2D eigenvalue weighted by molar-refractivity contribution is 0.100. The fourth-order valence-corrected chi connectivity index (χ4v) is 2.25. The fraction of sp³-hybridized carbons (Fsp3) is 0.0714. The number of rotatable bonds is 3. The Labute approximate surface area is 128 Å². The molecule has 0 aliphatic carbocycles. The smallest absolute Gasteiger partial charge is 0.248 e. The molecule has 0 unspecified atom stereocenters. The monoisotopic (exact) mass is 323 g/mol. The average Bonchev–Trinajstić information content (AvgIpc) is 2.48. The highest BCUT2D eigenvalue weighted by Crippen LogP contribution is 2.24. The van der Waals surface area contributed by atoms with E-state index < -0.39 is 10.0 Å². The van der Waals surface area contributed by atoms with E-state index in [-0.39, 0.29) is 16.6 Å². The predicted octanol–water partition coefficient (Wildman–Crippen LogP) is 0.710. The molecule has 1 amide bonds. The van der Waals surface area contributed by atoms with E-state index in [4.69, 9.17) is 21.3 Å². The van der Waals surface area contributed by atoms with Gasteiger partial charge in [0.1, 0.15) is 10.6 Å². The molecule has 7 nitrogen and oxygen atoms in total. The van der Waals surface area contributed by atoms with Crippen LogP contribution in [0.25, 0.3) is 0 Å². The van der Waals surface area contributed by atoms with E-state index in [1.165, 1.54) is 25.3 Å². The highest BCUT2D eigenvalue weighted by molar-refractivity contribution is 7.89. The van der Waals surface area contributed by atoms with Crippen molar-refractivity contribution < 1.29 is 17.9 Å². The Bertz CT molecular complexity index is 746. The molecule has 0 aliphatic rings. The number of primary sulfonamides is 1. The van der Waals surface area contributed by atoms with E-state index in [2.05, 4.69) is 0 Å². The lowest BCUT2D eigenvalue weighted by atomic mass is 10.2. The number of primary amides is 1. The van der Waals surface area contributed by atoms with Crippen LogP contribution in [0.4, 0.5) is 5.69 Å². The van der Waals surface area contributed by atoms with Gasteiger partial charge in [-0.05, 0) is 30.3 Å². The van der Waals surface area contributed by atoms with Gasteiger partial charge in [0.25, 0.3) is 0 Å². The SMILES string of the molecule is COc1ccc(N)cc1S(N)(=O)=O.NC(=O)c1ccccc1. The van der Waals surface area contributed by atoms with Crippen molar-refractivity contribution in [3.8, 4) is 5.75 Å². The molecule has 0 saturated carbocycles. The summed E-state index contributed by atoms with van der Waals surface area (Å²) in [6.07, 6.45) is 0. The second kappa shape index (κ2) is 7.43. The van der Waals surface area contributed by atoms with Crippen molar-refractivity contribution in [1.29, 1.82) is 0 Å². The molecular weight excluding hydrogens is 306 g/mol. The molecule has 118 valence electrons. The molecule has 8 heteroatoms. The summed E-state index contributed by atoms with van der Waals surface area (Å²) in [5.74, 6) is -0.188. The molecule has 0 saturated heterocycles. The molecule has 0 radical (unpaired) electrons. The minimum absolute atomic E-state index is 0.102. The maximum Gasteiger partial charge on any atom is 0.248 e. The van der Waals surface area contributed by atoms with Crippen molar-refractivity contribution in [3.63, 3.8) is 0 Å². The van der Waals surface area contributed by atoms with E-state index in [9.17, 15) is 13.2 Å². The Kier molecular flexibility index (Phi) is 5.90. The molecule has 2 aromatic rings. The summed E-state index contributed by atoms with van der Waals surface area (Å²) in [6.45, 7) is 0. The zero-order chi connectivity index (χ0) is 16.8. The number of anilines is 1. The second-order valence-corrected chi connectivity index (χ2v) is 5.72.